The molecule has 2 aromatic rings. The Morgan fingerprint density at radius 2 is 1.94 bits per heavy atom. The molecule has 4 unspecified atom stereocenters. The van der Waals surface area contributed by atoms with Gasteiger partial charge in [-0.05, 0) is 82.9 Å². The zero-order valence-electron chi connectivity index (χ0n) is 28.7. The summed E-state index contributed by atoms with van der Waals surface area (Å²) in [5.74, 6) is 0.705. The van der Waals surface area contributed by atoms with Gasteiger partial charge in [-0.25, -0.2) is 9.00 Å². The van der Waals surface area contributed by atoms with E-state index < -0.39 is 34.7 Å². The summed E-state index contributed by atoms with van der Waals surface area (Å²) in [7, 11) is -1.84. The molecule has 13 heteroatoms. The Bertz CT molecular complexity index is 1520. The van der Waals surface area contributed by atoms with Crippen LogP contribution in [-0.2, 0) is 30.0 Å². The molecule has 3 aliphatic rings. The Morgan fingerprint density at radius 3 is 2.69 bits per heavy atom. The highest BCUT2D eigenvalue weighted by atomic mass is 35.5. The molecular formula is C36H48ClN3O8S. The van der Waals surface area contributed by atoms with Crippen molar-refractivity contribution in [3.05, 3.63) is 59.1 Å². The van der Waals surface area contributed by atoms with E-state index >= 15 is 0 Å². The SMILES string of the molecule is CCOc1cc(Cl)ccc1C1COc2ccc3cc2N(CCC(CC)C(OC(=O)NC2CCOCC2)/C=C/COC(C)(C)C(=O)NS3=O)C1. The zero-order chi connectivity index (χ0) is 35.0. The minimum absolute atomic E-state index is 0.00104. The van der Waals surface area contributed by atoms with Crippen LogP contribution < -0.4 is 24.4 Å². The standard InChI is InChI=1S/C36H48ClN3O8S/c1-5-24-13-16-40-22-25(29-11-9-26(37)20-33(29)45-6-2)23-46-32-12-10-28(21-30(32)40)49(43)39-34(41)36(3,4)47-17-7-8-31(24)48-35(42)38-27-14-18-44-19-15-27/h7-12,20-21,24-25,27,31H,5-6,13-19,22-23H2,1-4H3,(H,38,42)(H,39,41)/b8-7+. The summed E-state index contributed by atoms with van der Waals surface area (Å²) in [4.78, 5) is 29.0. The van der Waals surface area contributed by atoms with Gasteiger partial charge in [0, 0.05) is 54.8 Å². The van der Waals surface area contributed by atoms with E-state index in [4.69, 9.17) is 35.3 Å². The molecule has 0 saturated carbocycles. The summed E-state index contributed by atoms with van der Waals surface area (Å²) >= 11 is 6.35. The second-order valence-electron chi connectivity index (χ2n) is 13.0. The number of rotatable bonds is 6. The van der Waals surface area contributed by atoms with Gasteiger partial charge in [0.2, 0.25) is 0 Å². The molecule has 3 aliphatic heterocycles. The summed E-state index contributed by atoms with van der Waals surface area (Å²) < 4.78 is 45.9. The molecule has 1 saturated heterocycles. The number of carbonyl (C=O) groups is 2. The van der Waals surface area contributed by atoms with Crippen molar-refractivity contribution in [1.29, 1.82) is 0 Å². The van der Waals surface area contributed by atoms with Crippen LogP contribution in [-0.4, -0.2) is 80.1 Å². The maximum Gasteiger partial charge on any atom is 0.407 e. The number of halogens is 1. The highest BCUT2D eigenvalue weighted by molar-refractivity contribution is 7.83. The summed E-state index contributed by atoms with van der Waals surface area (Å²) in [5.41, 5.74) is 0.464. The number of hydrogen-bond acceptors (Lipinski definition) is 9. The lowest BCUT2D eigenvalue weighted by atomic mass is 9.93. The van der Waals surface area contributed by atoms with E-state index in [1.54, 1.807) is 32.1 Å². The van der Waals surface area contributed by atoms with E-state index in [0.29, 0.717) is 67.4 Å². The predicted octanol–water partition coefficient (Wildman–Crippen LogP) is 5.92. The Morgan fingerprint density at radius 1 is 1.14 bits per heavy atom. The number of nitrogens with zero attached hydrogens (tertiary/aromatic N) is 1. The number of alkyl carbamates (subject to hydrolysis) is 1. The number of anilines is 1. The van der Waals surface area contributed by atoms with Crippen molar-refractivity contribution in [2.45, 2.75) is 81.9 Å². The molecule has 268 valence electrons. The van der Waals surface area contributed by atoms with Gasteiger partial charge in [0.25, 0.3) is 5.91 Å². The first-order valence-electron chi connectivity index (χ1n) is 17.1. The third-order valence-corrected chi connectivity index (χ3v) is 10.5. The maximum absolute atomic E-state index is 13.5. The third kappa shape index (κ3) is 9.68. The van der Waals surface area contributed by atoms with E-state index in [9.17, 15) is 13.8 Å². The molecule has 49 heavy (non-hydrogen) atoms. The molecule has 0 radical (unpaired) electrons. The molecule has 2 aromatic carbocycles. The first-order chi connectivity index (χ1) is 23.6. The van der Waals surface area contributed by atoms with Crippen molar-refractivity contribution in [3.8, 4) is 11.5 Å². The first-order valence-corrected chi connectivity index (χ1v) is 18.6. The molecule has 5 rings (SSSR count). The molecule has 4 atom stereocenters. The maximum atomic E-state index is 13.5. The van der Waals surface area contributed by atoms with Gasteiger partial charge in [0.15, 0.2) is 11.0 Å². The summed E-state index contributed by atoms with van der Waals surface area (Å²) in [5, 5.41) is 3.60. The van der Waals surface area contributed by atoms with Gasteiger partial charge in [-0.2, -0.15) is 0 Å². The fourth-order valence-electron chi connectivity index (χ4n) is 6.27. The molecule has 0 spiro atoms. The van der Waals surface area contributed by atoms with Crippen LogP contribution >= 0.6 is 11.6 Å². The van der Waals surface area contributed by atoms with Gasteiger partial charge in [-0.15, -0.1) is 0 Å². The van der Waals surface area contributed by atoms with Gasteiger partial charge in [-0.3, -0.25) is 9.52 Å². The molecule has 2 bridgehead atoms. The van der Waals surface area contributed by atoms with Crippen molar-refractivity contribution in [2.75, 3.05) is 51.0 Å². The third-order valence-electron chi connectivity index (χ3n) is 9.22. The quantitative estimate of drug-likeness (QED) is 0.351. The van der Waals surface area contributed by atoms with E-state index in [1.165, 1.54) is 0 Å². The van der Waals surface area contributed by atoms with Gasteiger partial charge in [0.1, 0.15) is 23.2 Å². The molecule has 0 aliphatic carbocycles. The summed E-state index contributed by atoms with van der Waals surface area (Å²) in [6.45, 7) is 10.6. The highest BCUT2D eigenvalue weighted by Gasteiger charge is 2.33. The van der Waals surface area contributed by atoms with Crippen LogP contribution in [0.3, 0.4) is 0 Å². The Hall–Kier alpha value is -3.32. The summed E-state index contributed by atoms with van der Waals surface area (Å²) in [6.07, 6.45) is 5.50. The van der Waals surface area contributed by atoms with Crippen LogP contribution in [0.5, 0.6) is 11.5 Å². The number of ether oxygens (including phenoxy) is 5. The normalized spacial score (nSPS) is 25.7. The Balaban J connectivity index is 1.48. The lowest BCUT2D eigenvalue weighted by molar-refractivity contribution is -0.139. The average molecular weight is 718 g/mol. The van der Waals surface area contributed by atoms with Crippen molar-refractivity contribution in [1.82, 2.24) is 10.0 Å². The van der Waals surface area contributed by atoms with Crippen LogP contribution in [0.15, 0.2) is 53.4 Å². The smallest absolute Gasteiger partial charge is 0.407 e. The number of hydrogen-bond donors (Lipinski definition) is 2. The molecular weight excluding hydrogens is 670 g/mol. The lowest BCUT2D eigenvalue weighted by Crippen LogP contribution is -2.45. The summed E-state index contributed by atoms with van der Waals surface area (Å²) in [6, 6.07) is 11.0. The monoisotopic (exact) mass is 717 g/mol. The molecule has 3 heterocycles. The Kier molecular flexibility index (Phi) is 12.9. The van der Waals surface area contributed by atoms with Gasteiger partial charge in [-0.1, -0.05) is 30.7 Å². The number of nitrogens with one attached hydrogen (secondary N) is 2. The van der Waals surface area contributed by atoms with E-state index in [1.807, 2.05) is 37.3 Å². The second-order valence-corrected chi connectivity index (χ2v) is 14.7. The number of benzene rings is 2. The first kappa shape index (κ1) is 36.9. The van der Waals surface area contributed by atoms with Gasteiger partial charge < -0.3 is 33.9 Å². The minimum Gasteiger partial charge on any atom is -0.494 e. The van der Waals surface area contributed by atoms with Crippen molar-refractivity contribution in [2.24, 2.45) is 5.92 Å². The van der Waals surface area contributed by atoms with Crippen LogP contribution in [0.1, 0.15) is 64.9 Å². The van der Waals surface area contributed by atoms with Crippen LogP contribution in [0, 0.1) is 5.92 Å². The van der Waals surface area contributed by atoms with E-state index in [-0.39, 0.29) is 24.5 Å². The number of fused-ring (bicyclic) bond motifs is 1. The van der Waals surface area contributed by atoms with Crippen molar-refractivity contribution in [3.63, 3.8) is 0 Å². The van der Waals surface area contributed by atoms with E-state index in [2.05, 4.69) is 21.9 Å². The number of carbonyl (C=O) groups excluding carboxylic acids is 2. The topological polar surface area (TPSA) is 125 Å². The second kappa shape index (κ2) is 17.1. The van der Waals surface area contributed by atoms with Crippen LogP contribution in [0.4, 0.5) is 10.5 Å². The predicted molar refractivity (Wildman–Crippen MR) is 189 cm³/mol. The average Bonchev–Trinajstić information content (AvgIpc) is 3.26. The molecule has 2 amide bonds. The molecule has 2 N–H and O–H groups in total. The Labute approximate surface area is 296 Å². The van der Waals surface area contributed by atoms with Crippen molar-refractivity contribution >= 4 is 40.3 Å². The van der Waals surface area contributed by atoms with Gasteiger partial charge in [0.05, 0.1) is 30.4 Å². The molecule has 11 nitrogen and oxygen atoms in total. The van der Waals surface area contributed by atoms with Crippen LogP contribution in [0.25, 0.3) is 0 Å². The van der Waals surface area contributed by atoms with E-state index in [0.717, 1.165) is 30.5 Å². The molecule has 0 aromatic heterocycles. The van der Waals surface area contributed by atoms with Gasteiger partial charge >= 0.3 is 6.09 Å². The minimum atomic E-state index is -1.84. The largest absolute Gasteiger partial charge is 0.494 e. The van der Waals surface area contributed by atoms with Crippen molar-refractivity contribution < 1.29 is 37.5 Å². The van der Waals surface area contributed by atoms with Crippen LogP contribution in [0.2, 0.25) is 5.02 Å². The molecule has 1 fully saturated rings. The highest BCUT2D eigenvalue weighted by Crippen LogP contribution is 2.39. The number of amides is 2. The fourth-order valence-corrected chi connectivity index (χ4v) is 7.38. The fraction of sp³-hybridized carbons (Fsp3) is 0.556. The zero-order valence-corrected chi connectivity index (χ0v) is 30.3. The lowest BCUT2D eigenvalue weighted by Gasteiger charge is -2.31.